The molecular weight excluding hydrogens is 202 g/mol. The number of hydrogen-bond acceptors (Lipinski definition) is 3. The maximum absolute atomic E-state index is 11.5. The maximum Gasteiger partial charge on any atom is 0.251 e. The first-order valence-electron chi connectivity index (χ1n) is 6.13. The van der Waals surface area contributed by atoms with Crippen LogP contribution in [0.25, 0.3) is 0 Å². The van der Waals surface area contributed by atoms with E-state index in [0.717, 1.165) is 37.3 Å². The minimum absolute atomic E-state index is 0.0270. The van der Waals surface area contributed by atoms with Crippen LogP contribution in [0.5, 0.6) is 0 Å². The topological polar surface area (TPSA) is 57.8 Å². The summed E-state index contributed by atoms with van der Waals surface area (Å²) in [5.41, 5.74) is 0.884. The summed E-state index contributed by atoms with van der Waals surface area (Å²) in [5.74, 6) is 0.815. The van der Waals surface area contributed by atoms with Crippen LogP contribution in [0.3, 0.4) is 0 Å². The molecule has 16 heavy (non-hydrogen) atoms. The molecule has 4 heteroatoms. The standard InChI is InChI=1S/C12H19N3O/c1-2-5-9-8-11(16)15-12(14-9)10-6-3-4-7-13-10/h8,10,13H,2-7H2,1H3,(H,14,15,16). The Morgan fingerprint density at radius 2 is 2.38 bits per heavy atom. The smallest absolute Gasteiger partial charge is 0.251 e. The first-order chi connectivity index (χ1) is 7.79. The molecule has 0 radical (unpaired) electrons. The van der Waals surface area contributed by atoms with Gasteiger partial charge in [-0.1, -0.05) is 19.8 Å². The van der Waals surface area contributed by atoms with Crippen molar-refractivity contribution >= 4 is 0 Å². The summed E-state index contributed by atoms with van der Waals surface area (Å²) in [5, 5.41) is 3.40. The third-order valence-corrected chi connectivity index (χ3v) is 2.96. The van der Waals surface area contributed by atoms with Crippen LogP contribution in [-0.4, -0.2) is 16.5 Å². The summed E-state index contributed by atoms with van der Waals surface area (Å²) in [7, 11) is 0. The van der Waals surface area contributed by atoms with Gasteiger partial charge in [0.25, 0.3) is 5.56 Å². The summed E-state index contributed by atoms with van der Waals surface area (Å²) in [4.78, 5) is 18.9. The Hall–Kier alpha value is -1.16. The van der Waals surface area contributed by atoms with Crippen LogP contribution in [0.1, 0.15) is 50.2 Å². The van der Waals surface area contributed by atoms with Gasteiger partial charge in [0.1, 0.15) is 5.82 Å². The van der Waals surface area contributed by atoms with E-state index < -0.39 is 0 Å². The number of aryl methyl sites for hydroxylation is 1. The first-order valence-corrected chi connectivity index (χ1v) is 6.13. The van der Waals surface area contributed by atoms with Crippen molar-refractivity contribution < 1.29 is 0 Å². The number of nitrogens with one attached hydrogen (secondary N) is 2. The minimum atomic E-state index is -0.0270. The first kappa shape index (κ1) is 11.3. The zero-order valence-electron chi connectivity index (χ0n) is 9.75. The zero-order chi connectivity index (χ0) is 11.4. The van der Waals surface area contributed by atoms with Crippen LogP contribution < -0.4 is 10.9 Å². The second kappa shape index (κ2) is 5.25. The summed E-state index contributed by atoms with van der Waals surface area (Å²) in [6, 6.07) is 1.84. The molecule has 1 atom stereocenters. The van der Waals surface area contributed by atoms with E-state index >= 15 is 0 Å². The van der Waals surface area contributed by atoms with Gasteiger partial charge in [-0.2, -0.15) is 0 Å². The molecule has 0 aromatic carbocycles. The van der Waals surface area contributed by atoms with Crippen molar-refractivity contribution in [2.75, 3.05) is 6.54 Å². The quantitative estimate of drug-likeness (QED) is 0.814. The molecule has 2 rings (SSSR count). The van der Waals surface area contributed by atoms with Crippen LogP contribution in [-0.2, 0) is 6.42 Å². The Balaban J connectivity index is 2.21. The summed E-state index contributed by atoms with van der Waals surface area (Å²) >= 11 is 0. The van der Waals surface area contributed by atoms with Gasteiger partial charge in [0.15, 0.2) is 0 Å². The van der Waals surface area contributed by atoms with Gasteiger partial charge in [0.2, 0.25) is 0 Å². The van der Waals surface area contributed by atoms with Gasteiger partial charge in [0.05, 0.1) is 6.04 Å². The highest BCUT2D eigenvalue weighted by Gasteiger charge is 2.17. The molecule has 1 unspecified atom stereocenters. The van der Waals surface area contributed by atoms with Gasteiger partial charge >= 0.3 is 0 Å². The predicted molar refractivity (Wildman–Crippen MR) is 63.4 cm³/mol. The molecule has 1 aromatic heterocycles. The predicted octanol–water partition coefficient (Wildman–Crippen LogP) is 1.54. The normalized spacial score (nSPS) is 20.9. The number of aromatic amines is 1. The van der Waals surface area contributed by atoms with Gasteiger partial charge < -0.3 is 10.3 Å². The zero-order valence-corrected chi connectivity index (χ0v) is 9.75. The largest absolute Gasteiger partial charge is 0.309 e. The molecule has 1 aromatic rings. The third-order valence-electron chi connectivity index (χ3n) is 2.96. The Bertz CT molecular complexity index is 393. The van der Waals surface area contributed by atoms with Crippen LogP contribution >= 0.6 is 0 Å². The Morgan fingerprint density at radius 3 is 3.06 bits per heavy atom. The molecule has 0 amide bonds. The molecule has 0 aliphatic carbocycles. The fourth-order valence-corrected chi connectivity index (χ4v) is 2.16. The molecule has 1 saturated heterocycles. The van der Waals surface area contributed by atoms with E-state index in [1.165, 1.54) is 12.8 Å². The lowest BCUT2D eigenvalue weighted by atomic mass is 10.0. The van der Waals surface area contributed by atoms with Gasteiger partial charge in [-0.15, -0.1) is 0 Å². The highest BCUT2D eigenvalue weighted by atomic mass is 16.1. The van der Waals surface area contributed by atoms with E-state index in [2.05, 4.69) is 22.2 Å². The molecule has 1 fully saturated rings. The highest BCUT2D eigenvalue weighted by Crippen LogP contribution is 2.19. The molecule has 1 aliphatic heterocycles. The van der Waals surface area contributed by atoms with Crippen molar-refractivity contribution in [2.45, 2.75) is 45.1 Å². The van der Waals surface area contributed by atoms with Crippen molar-refractivity contribution in [1.29, 1.82) is 0 Å². The fraction of sp³-hybridized carbons (Fsp3) is 0.667. The molecule has 0 bridgehead atoms. The van der Waals surface area contributed by atoms with E-state index in [-0.39, 0.29) is 11.6 Å². The molecular formula is C12H19N3O. The van der Waals surface area contributed by atoms with E-state index in [4.69, 9.17) is 0 Å². The second-order valence-corrected chi connectivity index (χ2v) is 4.37. The fourth-order valence-electron chi connectivity index (χ4n) is 2.16. The maximum atomic E-state index is 11.5. The van der Waals surface area contributed by atoms with Crippen molar-refractivity contribution in [3.05, 3.63) is 27.9 Å². The van der Waals surface area contributed by atoms with Crippen molar-refractivity contribution in [3.8, 4) is 0 Å². The molecule has 2 heterocycles. The number of aromatic nitrogens is 2. The van der Waals surface area contributed by atoms with Gasteiger partial charge in [-0.25, -0.2) is 4.98 Å². The van der Waals surface area contributed by atoms with Gasteiger partial charge in [0, 0.05) is 11.8 Å². The summed E-state index contributed by atoms with van der Waals surface area (Å²) in [6.07, 6.45) is 5.39. The summed E-state index contributed by atoms with van der Waals surface area (Å²) in [6.45, 7) is 3.12. The monoisotopic (exact) mass is 221 g/mol. The van der Waals surface area contributed by atoms with Crippen LogP contribution in [0, 0.1) is 0 Å². The average Bonchev–Trinajstić information content (AvgIpc) is 2.30. The number of H-pyrrole nitrogens is 1. The third kappa shape index (κ3) is 2.70. The molecule has 2 N–H and O–H groups in total. The average molecular weight is 221 g/mol. The van der Waals surface area contributed by atoms with E-state index in [0.29, 0.717) is 0 Å². The lowest BCUT2D eigenvalue weighted by Gasteiger charge is -2.22. The van der Waals surface area contributed by atoms with Crippen molar-refractivity contribution in [3.63, 3.8) is 0 Å². The minimum Gasteiger partial charge on any atom is -0.309 e. The Morgan fingerprint density at radius 1 is 1.50 bits per heavy atom. The molecule has 4 nitrogen and oxygen atoms in total. The number of hydrogen-bond donors (Lipinski definition) is 2. The van der Waals surface area contributed by atoms with E-state index in [1.54, 1.807) is 6.07 Å². The van der Waals surface area contributed by atoms with Crippen LogP contribution in [0.2, 0.25) is 0 Å². The molecule has 1 aliphatic rings. The SMILES string of the molecule is CCCc1cc(=O)[nH]c(C2CCCCN2)n1. The van der Waals surface area contributed by atoms with E-state index in [9.17, 15) is 4.79 Å². The number of piperidine rings is 1. The summed E-state index contributed by atoms with van der Waals surface area (Å²) < 4.78 is 0. The molecule has 0 saturated carbocycles. The van der Waals surface area contributed by atoms with Crippen LogP contribution in [0.15, 0.2) is 10.9 Å². The van der Waals surface area contributed by atoms with Crippen LogP contribution in [0.4, 0.5) is 0 Å². The van der Waals surface area contributed by atoms with Gasteiger partial charge in [-0.05, 0) is 25.8 Å². The second-order valence-electron chi connectivity index (χ2n) is 4.37. The van der Waals surface area contributed by atoms with E-state index in [1.807, 2.05) is 0 Å². The Labute approximate surface area is 95.5 Å². The molecule has 88 valence electrons. The Kier molecular flexibility index (Phi) is 3.72. The van der Waals surface area contributed by atoms with Crippen molar-refractivity contribution in [2.24, 2.45) is 0 Å². The number of nitrogens with zero attached hydrogens (tertiary/aromatic N) is 1. The molecule has 0 spiro atoms. The van der Waals surface area contributed by atoms with Crippen molar-refractivity contribution in [1.82, 2.24) is 15.3 Å². The highest BCUT2D eigenvalue weighted by molar-refractivity contribution is 5.06. The lowest BCUT2D eigenvalue weighted by Crippen LogP contribution is -2.30. The lowest BCUT2D eigenvalue weighted by molar-refractivity contribution is 0.395. The number of rotatable bonds is 3. The van der Waals surface area contributed by atoms with Gasteiger partial charge in [-0.3, -0.25) is 4.79 Å².